The van der Waals surface area contributed by atoms with Gasteiger partial charge in [-0.3, -0.25) is 4.79 Å². The van der Waals surface area contributed by atoms with Crippen LogP contribution < -0.4 is 5.73 Å². The van der Waals surface area contributed by atoms with Crippen LogP contribution in [0.5, 0.6) is 0 Å². The van der Waals surface area contributed by atoms with Crippen molar-refractivity contribution in [2.75, 3.05) is 26.3 Å². The average Bonchev–Trinajstić information content (AvgIpc) is 2.94. The monoisotopic (exact) mass is 331 g/mol. The van der Waals surface area contributed by atoms with E-state index in [0.29, 0.717) is 0 Å². The number of nitrogens with two attached hydrogens (primary N) is 1. The summed E-state index contributed by atoms with van der Waals surface area (Å²) in [5.74, 6) is -1.86. The lowest BCUT2D eigenvalue weighted by atomic mass is 10.2. The highest BCUT2D eigenvalue weighted by molar-refractivity contribution is 6.05. The molecule has 0 saturated carbocycles. The third-order valence-electron chi connectivity index (χ3n) is 3.10. The zero-order chi connectivity index (χ0) is 15.6. The number of esters is 2. The molecule has 22 heavy (non-hydrogen) atoms. The van der Waals surface area contributed by atoms with Crippen LogP contribution in [0.1, 0.15) is 6.92 Å². The number of hydrazine groups is 1. The molecular formula is C13H18ClN3O5. The Bertz CT molecular complexity index is 534. The molecule has 0 radical (unpaired) electrons. The zero-order valence-electron chi connectivity index (χ0n) is 12.1. The Morgan fingerprint density at radius 3 is 2.68 bits per heavy atom. The van der Waals surface area contributed by atoms with Crippen molar-refractivity contribution in [2.45, 2.75) is 13.0 Å². The fourth-order valence-corrected chi connectivity index (χ4v) is 2.25. The molecule has 2 aliphatic rings. The molecule has 0 spiro atoms. The summed E-state index contributed by atoms with van der Waals surface area (Å²) in [6.45, 7) is 5.58. The van der Waals surface area contributed by atoms with Crippen LogP contribution in [0.4, 0.5) is 0 Å². The second-order valence-electron chi connectivity index (χ2n) is 4.54. The molecule has 122 valence electrons. The number of nitrogens with zero attached hydrogens (tertiary/aromatic N) is 2. The summed E-state index contributed by atoms with van der Waals surface area (Å²) in [6.07, 6.45) is 1.40. The first-order valence-electron chi connectivity index (χ1n) is 6.54. The third-order valence-corrected chi connectivity index (χ3v) is 3.10. The van der Waals surface area contributed by atoms with Crippen LogP contribution in [-0.2, 0) is 23.9 Å². The van der Waals surface area contributed by atoms with Crippen LogP contribution in [0.25, 0.3) is 0 Å². The number of hydrogen-bond acceptors (Lipinski definition) is 7. The normalized spacial score (nSPS) is 20.5. The van der Waals surface area contributed by atoms with Gasteiger partial charge >= 0.3 is 11.9 Å². The molecule has 1 atom stereocenters. The number of fused-ring (bicyclic) bond motifs is 1. The molecule has 1 fully saturated rings. The minimum absolute atomic E-state index is 0. The van der Waals surface area contributed by atoms with Gasteiger partial charge in [-0.05, 0) is 6.92 Å². The van der Waals surface area contributed by atoms with E-state index in [4.69, 9.17) is 15.2 Å². The first kappa shape index (κ1) is 18.1. The predicted molar refractivity (Wildman–Crippen MR) is 78.5 cm³/mol. The molecule has 9 heteroatoms. The van der Waals surface area contributed by atoms with Crippen LogP contribution >= 0.6 is 12.4 Å². The number of rotatable bonds is 5. The fourth-order valence-electron chi connectivity index (χ4n) is 2.25. The van der Waals surface area contributed by atoms with Crippen molar-refractivity contribution in [3.63, 3.8) is 0 Å². The standard InChI is InChI=1S/C13H17N3O5.ClH/c1-3-5-21-13(19)10-8(12(18)20-4-2)6-15-7-9(14)11(17)16(10)15;/h3,9H,1,4-7,14H2,2H3;1H/t9-;/m1./s1. The van der Waals surface area contributed by atoms with E-state index in [1.165, 1.54) is 11.1 Å². The maximum atomic E-state index is 12.1. The molecule has 1 saturated heterocycles. The topological polar surface area (TPSA) is 102 Å². The lowest BCUT2D eigenvalue weighted by Gasteiger charge is -2.20. The van der Waals surface area contributed by atoms with E-state index in [0.717, 1.165) is 5.01 Å². The maximum absolute atomic E-state index is 12.1. The van der Waals surface area contributed by atoms with Crippen LogP contribution in [-0.4, -0.2) is 60.2 Å². The number of ether oxygens (including phenoxy) is 2. The molecule has 2 heterocycles. The number of carbonyl (C=O) groups excluding carboxylic acids is 3. The van der Waals surface area contributed by atoms with Crippen LogP contribution in [0.2, 0.25) is 0 Å². The Kier molecular flexibility index (Phi) is 6.10. The summed E-state index contributed by atoms with van der Waals surface area (Å²) in [5.41, 5.74) is 5.66. The molecule has 1 amide bonds. The molecule has 0 aromatic heterocycles. The van der Waals surface area contributed by atoms with Crippen LogP contribution in [0, 0.1) is 0 Å². The third kappa shape index (κ3) is 3.13. The molecule has 2 N–H and O–H groups in total. The lowest BCUT2D eigenvalue weighted by molar-refractivity contribution is -0.146. The molecule has 2 rings (SSSR count). The van der Waals surface area contributed by atoms with Gasteiger partial charge in [0, 0.05) is 6.54 Å². The van der Waals surface area contributed by atoms with Gasteiger partial charge in [-0.25, -0.2) is 19.6 Å². The van der Waals surface area contributed by atoms with E-state index in [1.54, 1.807) is 6.92 Å². The van der Waals surface area contributed by atoms with Crippen molar-refractivity contribution in [1.29, 1.82) is 0 Å². The quantitative estimate of drug-likeness (QED) is 0.527. The van der Waals surface area contributed by atoms with Crippen molar-refractivity contribution < 1.29 is 23.9 Å². The van der Waals surface area contributed by atoms with Gasteiger partial charge in [0.05, 0.1) is 18.7 Å². The van der Waals surface area contributed by atoms with Crippen molar-refractivity contribution in [3.05, 3.63) is 23.9 Å². The number of hydrogen-bond donors (Lipinski definition) is 1. The Balaban J connectivity index is 0.00000242. The second-order valence-corrected chi connectivity index (χ2v) is 4.54. The number of carbonyl (C=O) groups is 3. The van der Waals surface area contributed by atoms with Gasteiger partial charge in [0.1, 0.15) is 12.6 Å². The SMILES string of the molecule is C=CCOC(=O)C1=C(C(=O)OCC)CN2C[C@@H](N)C(=O)N12.Cl. The molecule has 2 aliphatic heterocycles. The number of halogens is 1. The Morgan fingerprint density at radius 2 is 2.09 bits per heavy atom. The smallest absolute Gasteiger partial charge is 0.357 e. The van der Waals surface area contributed by atoms with Gasteiger partial charge in [-0.2, -0.15) is 0 Å². The minimum atomic E-state index is -0.775. The van der Waals surface area contributed by atoms with Gasteiger partial charge in [0.25, 0.3) is 5.91 Å². The van der Waals surface area contributed by atoms with E-state index < -0.39 is 23.9 Å². The first-order valence-corrected chi connectivity index (χ1v) is 6.54. The summed E-state index contributed by atoms with van der Waals surface area (Å²) in [5, 5.41) is 2.64. The molecule has 0 aromatic rings. The van der Waals surface area contributed by atoms with Gasteiger partial charge in [0.2, 0.25) is 0 Å². The summed E-state index contributed by atoms with van der Waals surface area (Å²) in [7, 11) is 0. The van der Waals surface area contributed by atoms with Crippen molar-refractivity contribution in [3.8, 4) is 0 Å². The largest absolute Gasteiger partial charge is 0.463 e. The van der Waals surface area contributed by atoms with E-state index in [9.17, 15) is 14.4 Å². The Labute approximate surface area is 133 Å². The number of amides is 1. The van der Waals surface area contributed by atoms with Gasteiger partial charge in [-0.1, -0.05) is 12.7 Å². The zero-order valence-corrected chi connectivity index (χ0v) is 12.9. The maximum Gasteiger partial charge on any atom is 0.357 e. The highest BCUT2D eigenvalue weighted by Crippen LogP contribution is 2.30. The van der Waals surface area contributed by atoms with Crippen LogP contribution in [0.3, 0.4) is 0 Å². The summed E-state index contributed by atoms with van der Waals surface area (Å²) in [4.78, 5) is 36.1. The molecule has 0 bridgehead atoms. The van der Waals surface area contributed by atoms with Crippen molar-refractivity contribution in [1.82, 2.24) is 10.0 Å². The fraction of sp³-hybridized carbons (Fsp3) is 0.462. The van der Waals surface area contributed by atoms with E-state index in [-0.39, 0.29) is 50.0 Å². The van der Waals surface area contributed by atoms with Crippen molar-refractivity contribution >= 4 is 30.3 Å². The summed E-state index contributed by atoms with van der Waals surface area (Å²) >= 11 is 0. The molecule has 8 nitrogen and oxygen atoms in total. The van der Waals surface area contributed by atoms with E-state index >= 15 is 0 Å². The molecule has 0 unspecified atom stereocenters. The second kappa shape index (κ2) is 7.39. The average molecular weight is 332 g/mol. The highest BCUT2D eigenvalue weighted by Gasteiger charge is 2.48. The molecule has 0 aliphatic carbocycles. The first-order chi connectivity index (χ1) is 10.0. The summed E-state index contributed by atoms with van der Waals surface area (Å²) < 4.78 is 9.86. The lowest BCUT2D eigenvalue weighted by Crippen LogP contribution is -2.38. The van der Waals surface area contributed by atoms with Gasteiger partial charge < -0.3 is 15.2 Å². The van der Waals surface area contributed by atoms with Crippen molar-refractivity contribution in [2.24, 2.45) is 5.73 Å². The van der Waals surface area contributed by atoms with E-state index in [1.807, 2.05) is 0 Å². The van der Waals surface area contributed by atoms with Gasteiger partial charge in [0.15, 0.2) is 5.70 Å². The van der Waals surface area contributed by atoms with Gasteiger partial charge in [-0.15, -0.1) is 12.4 Å². The highest BCUT2D eigenvalue weighted by atomic mass is 35.5. The van der Waals surface area contributed by atoms with Crippen LogP contribution in [0.15, 0.2) is 23.9 Å². The minimum Gasteiger partial charge on any atom is -0.463 e. The Hall–Kier alpha value is -1.90. The summed E-state index contributed by atoms with van der Waals surface area (Å²) in [6, 6.07) is -0.726. The molecular weight excluding hydrogens is 314 g/mol. The molecule has 0 aromatic carbocycles. The Morgan fingerprint density at radius 1 is 1.41 bits per heavy atom. The predicted octanol–water partition coefficient (Wildman–Crippen LogP) is -0.645. The van der Waals surface area contributed by atoms with E-state index in [2.05, 4.69) is 6.58 Å².